The van der Waals surface area contributed by atoms with Crippen LogP contribution in [0.15, 0.2) is 18.2 Å². The maximum atomic E-state index is 9.19. The van der Waals surface area contributed by atoms with Crippen molar-refractivity contribution < 1.29 is 5.11 Å². The highest BCUT2D eigenvalue weighted by atomic mass is 16.3. The minimum absolute atomic E-state index is 0.110. The average molecular weight is 219 g/mol. The summed E-state index contributed by atoms with van der Waals surface area (Å²) in [4.78, 5) is 0. The van der Waals surface area contributed by atoms with Crippen molar-refractivity contribution >= 4 is 0 Å². The van der Waals surface area contributed by atoms with E-state index in [0.29, 0.717) is 0 Å². The predicted octanol–water partition coefficient (Wildman–Crippen LogP) is 4.16. The molecule has 89 valence electrons. The first kappa shape index (κ1) is 13.2. The van der Waals surface area contributed by atoms with Crippen LogP contribution in [0, 0.1) is 6.61 Å². The molecule has 0 atom stereocenters. The summed E-state index contributed by atoms with van der Waals surface area (Å²) >= 11 is 0. The number of aliphatic hydroxyl groups excluding tert-OH is 1. The van der Waals surface area contributed by atoms with E-state index >= 15 is 0 Å². The van der Waals surface area contributed by atoms with Gasteiger partial charge in [-0.05, 0) is 27.5 Å². The predicted molar refractivity (Wildman–Crippen MR) is 69.2 cm³/mol. The van der Waals surface area contributed by atoms with Crippen molar-refractivity contribution in [2.75, 3.05) is 0 Å². The van der Waals surface area contributed by atoms with E-state index in [0.717, 1.165) is 5.56 Å². The van der Waals surface area contributed by atoms with Crippen molar-refractivity contribution in [2.24, 2.45) is 0 Å². The molecule has 0 amide bonds. The first-order valence-electron chi connectivity index (χ1n) is 5.78. The van der Waals surface area contributed by atoms with Crippen LogP contribution in [0.3, 0.4) is 0 Å². The molecule has 1 heteroatoms. The molecule has 0 fully saturated rings. The molecule has 0 saturated heterocycles. The minimum atomic E-state index is 0.110. The molecule has 16 heavy (non-hydrogen) atoms. The van der Waals surface area contributed by atoms with Gasteiger partial charge in [0.15, 0.2) is 0 Å². The summed E-state index contributed by atoms with van der Waals surface area (Å²) < 4.78 is 0. The summed E-state index contributed by atoms with van der Waals surface area (Å²) in [6.45, 7) is 14.3. The molecule has 1 nitrogen and oxygen atoms in total. The molecular weight excluding hydrogens is 196 g/mol. The Morgan fingerprint density at radius 1 is 0.812 bits per heavy atom. The second-order valence-electron chi connectivity index (χ2n) is 6.47. The highest BCUT2D eigenvalue weighted by molar-refractivity contribution is 5.39. The standard InChI is InChI=1S/C15H23O/c1-14(2,3)12-7-11(10-16)8-13(9-12)15(4,5)6/h7-10,16H,1-6H3. The summed E-state index contributed by atoms with van der Waals surface area (Å²) in [7, 11) is 0. The molecule has 0 saturated carbocycles. The van der Waals surface area contributed by atoms with Crippen molar-refractivity contribution in [3.8, 4) is 0 Å². The van der Waals surface area contributed by atoms with Gasteiger partial charge in [-0.1, -0.05) is 59.7 Å². The van der Waals surface area contributed by atoms with Gasteiger partial charge in [0.2, 0.25) is 0 Å². The molecule has 1 aromatic rings. The molecule has 1 radical (unpaired) electrons. The molecule has 1 rings (SSSR count). The molecule has 1 aromatic carbocycles. The third-order valence-electron chi connectivity index (χ3n) is 2.84. The lowest BCUT2D eigenvalue weighted by atomic mass is 9.79. The largest absolute Gasteiger partial charge is 0.385 e. The highest BCUT2D eigenvalue weighted by Crippen LogP contribution is 2.30. The summed E-state index contributed by atoms with van der Waals surface area (Å²) in [6.07, 6.45) is 0. The second kappa shape index (κ2) is 4.21. The van der Waals surface area contributed by atoms with Crippen LogP contribution in [-0.4, -0.2) is 5.11 Å². The first-order chi connectivity index (χ1) is 7.14. The fourth-order valence-corrected chi connectivity index (χ4v) is 1.59. The van der Waals surface area contributed by atoms with Crippen molar-refractivity contribution in [3.05, 3.63) is 41.5 Å². The van der Waals surface area contributed by atoms with Crippen LogP contribution in [0.1, 0.15) is 58.2 Å². The zero-order chi connectivity index (χ0) is 12.6. The number of rotatable bonds is 1. The second-order valence-corrected chi connectivity index (χ2v) is 6.47. The quantitative estimate of drug-likeness (QED) is 0.751. The Bertz CT molecular complexity index is 332. The summed E-state index contributed by atoms with van der Waals surface area (Å²) in [5.74, 6) is 0. The Morgan fingerprint density at radius 3 is 1.44 bits per heavy atom. The molecule has 0 aliphatic rings. The van der Waals surface area contributed by atoms with E-state index in [-0.39, 0.29) is 10.8 Å². The monoisotopic (exact) mass is 219 g/mol. The van der Waals surface area contributed by atoms with Gasteiger partial charge in [-0.15, -0.1) is 0 Å². The van der Waals surface area contributed by atoms with Gasteiger partial charge in [0.25, 0.3) is 0 Å². The van der Waals surface area contributed by atoms with Gasteiger partial charge in [-0.3, -0.25) is 0 Å². The van der Waals surface area contributed by atoms with E-state index in [1.807, 2.05) is 0 Å². The Balaban J connectivity index is 3.33. The van der Waals surface area contributed by atoms with Crippen molar-refractivity contribution in [1.82, 2.24) is 0 Å². The van der Waals surface area contributed by atoms with Gasteiger partial charge < -0.3 is 5.11 Å². The van der Waals surface area contributed by atoms with Crippen LogP contribution in [-0.2, 0) is 10.8 Å². The minimum Gasteiger partial charge on any atom is -0.385 e. The fourth-order valence-electron chi connectivity index (χ4n) is 1.59. The van der Waals surface area contributed by atoms with E-state index in [1.165, 1.54) is 17.7 Å². The van der Waals surface area contributed by atoms with Gasteiger partial charge in [0.05, 0.1) is 0 Å². The molecule has 0 aromatic heterocycles. The lowest BCUT2D eigenvalue weighted by Crippen LogP contribution is -2.16. The summed E-state index contributed by atoms with van der Waals surface area (Å²) in [6, 6.07) is 6.34. The van der Waals surface area contributed by atoms with Gasteiger partial charge >= 0.3 is 0 Å². The molecular formula is C15H23O. The van der Waals surface area contributed by atoms with E-state index in [9.17, 15) is 5.11 Å². The van der Waals surface area contributed by atoms with Crippen LogP contribution in [0.4, 0.5) is 0 Å². The van der Waals surface area contributed by atoms with Gasteiger partial charge in [0, 0.05) is 0 Å². The van der Waals surface area contributed by atoms with Crippen LogP contribution < -0.4 is 0 Å². The molecule has 0 unspecified atom stereocenters. The highest BCUT2D eigenvalue weighted by Gasteiger charge is 2.20. The zero-order valence-corrected chi connectivity index (χ0v) is 11.3. The SMILES string of the molecule is CC(C)(C)c1cc([CH]O)cc(C(C)(C)C)c1. The maximum Gasteiger partial charge on any atom is 0.109 e. The smallest absolute Gasteiger partial charge is 0.109 e. The molecule has 1 N–H and O–H groups in total. The number of benzene rings is 1. The first-order valence-corrected chi connectivity index (χ1v) is 5.78. The lowest BCUT2D eigenvalue weighted by Gasteiger charge is -2.25. The average Bonchev–Trinajstić information content (AvgIpc) is 2.14. The van der Waals surface area contributed by atoms with E-state index in [1.54, 1.807) is 0 Å². The third-order valence-corrected chi connectivity index (χ3v) is 2.84. The van der Waals surface area contributed by atoms with E-state index in [2.05, 4.69) is 59.7 Å². The Morgan fingerprint density at radius 2 is 1.19 bits per heavy atom. The lowest BCUT2D eigenvalue weighted by molar-refractivity contribution is 0.414. The number of aliphatic hydroxyl groups is 1. The Hall–Kier alpha value is -0.820. The van der Waals surface area contributed by atoms with Crippen molar-refractivity contribution in [3.63, 3.8) is 0 Å². The van der Waals surface area contributed by atoms with Crippen LogP contribution in [0.5, 0.6) is 0 Å². The van der Waals surface area contributed by atoms with Crippen molar-refractivity contribution in [1.29, 1.82) is 0 Å². The van der Waals surface area contributed by atoms with E-state index in [4.69, 9.17) is 0 Å². The Labute approximate surface area is 99.5 Å². The van der Waals surface area contributed by atoms with Crippen LogP contribution in [0.2, 0.25) is 0 Å². The number of hydrogen-bond acceptors (Lipinski definition) is 1. The molecule has 0 spiro atoms. The summed E-state index contributed by atoms with van der Waals surface area (Å²) in [5, 5.41) is 9.19. The third kappa shape index (κ3) is 3.08. The topological polar surface area (TPSA) is 20.2 Å². The molecule has 0 aliphatic carbocycles. The number of hydrogen-bond donors (Lipinski definition) is 1. The van der Waals surface area contributed by atoms with Crippen LogP contribution >= 0.6 is 0 Å². The zero-order valence-electron chi connectivity index (χ0n) is 11.3. The fraction of sp³-hybridized carbons (Fsp3) is 0.533. The van der Waals surface area contributed by atoms with E-state index < -0.39 is 0 Å². The maximum absolute atomic E-state index is 9.19. The summed E-state index contributed by atoms with van der Waals surface area (Å²) in [5.41, 5.74) is 3.63. The van der Waals surface area contributed by atoms with Crippen LogP contribution in [0.25, 0.3) is 0 Å². The van der Waals surface area contributed by atoms with Crippen molar-refractivity contribution in [2.45, 2.75) is 52.4 Å². The molecule has 0 heterocycles. The molecule has 0 aliphatic heterocycles. The van der Waals surface area contributed by atoms with Gasteiger partial charge in [-0.25, -0.2) is 0 Å². The molecule has 0 bridgehead atoms. The van der Waals surface area contributed by atoms with Gasteiger partial charge in [0.1, 0.15) is 6.61 Å². The normalized spacial score (nSPS) is 12.9. The Kier molecular flexibility index (Phi) is 3.49. The van der Waals surface area contributed by atoms with Gasteiger partial charge in [-0.2, -0.15) is 0 Å².